The first-order chi connectivity index (χ1) is 9.62. The van der Waals surface area contributed by atoms with Crippen molar-refractivity contribution >= 4 is 37.3 Å². The summed E-state index contributed by atoms with van der Waals surface area (Å²) in [6.07, 6.45) is 0. The number of rotatable bonds is 3. The molecule has 0 saturated heterocycles. The van der Waals surface area contributed by atoms with Crippen molar-refractivity contribution in [3.8, 4) is 0 Å². The lowest BCUT2D eigenvalue weighted by Crippen LogP contribution is -2.49. The van der Waals surface area contributed by atoms with Gasteiger partial charge in [-0.2, -0.15) is 43.2 Å². The van der Waals surface area contributed by atoms with Crippen molar-refractivity contribution in [3.63, 3.8) is 0 Å². The second-order valence-electron chi connectivity index (χ2n) is 3.58. The van der Waals surface area contributed by atoms with Gasteiger partial charge in [0, 0.05) is 5.02 Å². The van der Waals surface area contributed by atoms with E-state index < -0.39 is 45.5 Å². The summed E-state index contributed by atoms with van der Waals surface area (Å²) in [6.45, 7) is 0. The van der Waals surface area contributed by atoms with Crippen molar-refractivity contribution in [1.82, 2.24) is 0 Å². The van der Waals surface area contributed by atoms with Crippen molar-refractivity contribution in [2.45, 2.75) is 11.0 Å². The van der Waals surface area contributed by atoms with Gasteiger partial charge in [0.05, 0.1) is 5.69 Å². The van der Waals surface area contributed by atoms with Crippen LogP contribution >= 0.6 is 11.6 Å². The lowest BCUT2D eigenvalue weighted by atomic mass is 10.3. The van der Waals surface area contributed by atoms with Crippen molar-refractivity contribution in [1.29, 1.82) is 0 Å². The second kappa shape index (κ2) is 5.45. The quantitative estimate of drug-likeness (QED) is 0.743. The van der Waals surface area contributed by atoms with Crippen LogP contribution in [-0.2, 0) is 20.0 Å². The van der Waals surface area contributed by atoms with Crippen molar-refractivity contribution in [2.24, 2.45) is 0 Å². The molecule has 0 aromatic heterocycles. The Morgan fingerprint density at radius 1 is 0.864 bits per heavy atom. The van der Waals surface area contributed by atoms with E-state index in [1.165, 1.54) is 0 Å². The van der Waals surface area contributed by atoms with Gasteiger partial charge in [-0.25, -0.2) is 0 Å². The Morgan fingerprint density at radius 2 is 1.27 bits per heavy atom. The number of anilines is 1. The Labute approximate surface area is 125 Å². The first-order valence-electron chi connectivity index (χ1n) is 4.81. The molecule has 0 bridgehead atoms. The van der Waals surface area contributed by atoms with E-state index in [1.54, 1.807) is 0 Å². The van der Waals surface area contributed by atoms with Crippen LogP contribution in [0.5, 0.6) is 0 Å². The second-order valence-corrected chi connectivity index (χ2v) is 7.80. The number of hydrogen-bond acceptors (Lipinski definition) is 4. The number of nitrogens with zero attached hydrogens (tertiary/aromatic N) is 1. The fourth-order valence-corrected chi connectivity index (χ4v) is 4.07. The molecule has 126 valence electrons. The molecular formula is C8H4ClF6NO4S2. The summed E-state index contributed by atoms with van der Waals surface area (Å²) in [4.78, 5) is 0. The highest BCUT2D eigenvalue weighted by molar-refractivity contribution is 8.11. The smallest absolute Gasteiger partial charge is 0.196 e. The number of hydrogen-bond donors (Lipinski definition) is 0. The van der Waals surface area contributed by atoms with Crippen LogP contribution in [0.25, 0.3) is 0 Å². The fourth-order valence-electron chi connectivity index (χ4n) is 1.18. The van der Waals surface area contributed by atoms with Gasteiger partial charge in [0.15, 0.2) is 0 Å². The van der Waals surface area contributed by atoms with Crippen LogP contribution in [0.15, 0.2) is 24.3 Å². The summed E-state index contributed by atoms with van der Waals surface area (Å²) in [5, 5.41) is -0.475. The predicted octanol–water partition coefficient (Wildman–Crippen LogP) is 2.85. The van der Waals surface area contributed by atoms with Crippen LogP contribution < -0.4 is 3.71 Å². The van der Waals surface area contributed by atoms with E-state index >= 15 is 0 Å². The van der Waals surface area contributed by atoms with E-state index in [4.69, 9.17) is 11.6 Å². The van der Waals surface area contributed by atoms with Crippen LogP contribution in [0.1, 0.15) is 0 Å². The molecule has 0 aliphatic carbocycles. The minimum absolute atomic E-state index is 0.328. The van der Waals surface area contributed by atoms with Crippen molar-refractivity contribution in [3.05, 3.63) is 29.3 Å². The van der Waals surface area contributed by atoms with Gasteiger partial charge in [-0.3, -0.25) is 0 Å². The Balaban J connectivity index is 3.78. The van der Waals surface area contributed by atoms with Gasteiger partial charge in [-0.05, 0) is 18.2 Å². The van der Waals surface area contributed by atoms with Gasteiger partial charge < -0.3 is 0 Å². The van der Waals surface area contributed by atoms with Gasteiger partial charge in [-0.1, -0.05) is 17.7 Å². The Bertz CT molecular complexity index is 727. The number of benzene rings is 1. The van der Waals surface area contributed by atoms with Gasteiger partial charge in [0.25, 0.3) is 0 Å². The highest BCUT2D eigenvalue weighted by Crippen LogP contribution is 2.39. The third-order valence-corrected chi connectivity index (χ3v) is 5.92. The Kier molecular flexibility index (Phi) is 4.67. The molecule has 0 aliphatic heterocycles. The maximum atomic E-state index is 12.5. The Morgan fingerprint density at radius 3 is 1.59 bits per heavy atom. The maximum Gasteiger partial charge on any atom is 0.517 e. The van der Waals surface area contributed by atoms with Gasteiger partial charge in [-0.15, -0.1) is 3.71 Å². The summed E-state index contributed by atoms with van der Waals surface area (Å²) < 4.78 is 118. The SMILES string of the molecule is O=S(=O)(N(c1cccc(Cl)c1)S(=O)(=O)C(F)(F)F)C(F)(F)F. The van der Waals surface area contributed by atoms with Gasteiger partial charge in [0.2, 0.25) is 0 Å². The monoisotopic (exact) mass is 391 g/mol. The van der Waals surface area contributed by atoms with Crippen molar-refractivity contribution in [2.75, 3.05) is 3.71 Å². The zero-order valence-corrected chi connectivity index (χ0v) is 12.2. The molecule has 0 saturated carbocycles. The number of alkyl halides is 6. The molecule has 0 fully saturated rings. The molecule has 1 aromatic rings. The highest BCUT2D eigenvalue weighted by atomic mass is 35.5. The van der Waals surface area contributed by atoms with E-state index in [2.05, 4.69) is 0 Å². The molecule has 5 nitrogen and oxygen atoms in total. The summed E-state index contributed by atoms with van der Waals surface area (Å²) in [5.74, 6) is 0. The van der Waals surface area contributed by atoms with Crippen molar-refractivity contribution < 1.29 is 43.2 Å². The zero-order valence-electron chi connectivity index (χ0n) is 9.85. The van der Waals surface area contributed by atoms with Crippen LogP contribution in [0, 0.1) is 0 Å². The fraction of sp³-hybridized carbons (Fsp3) is 0.250. The molecule has 0 amide bonds. The molecule has 1 aromatic carbocycles. The first kappa shape index (κ1) is 18.8. The van der Waals surface area contributed by atoms with Crippen LogP contribution in [0.2, 0.25) is 5.02 Å². The summed E-state index contributed by atoms with van der Waals surface area (Å²) in [5.41, 5.74) is -14.0. The summed E-state index contributed by atoms with van der Waals surface area (Å²) in [7, 11) is -13.8. The van der Waals surface area contributed by atoms with Gasteiger partial charge in [0.1, 0.15) is 0 Å². The molecule has 0 atom stereocenters. The predicted molar refractivity (Wildman–Crippen MR) is 63.9 cm³/mol. The Hall–Kier alpha value is -1.21. The van der Waals surface area contributed by atoms with Crippen LogP contribution in [0.4, 0.5) is 32.0 Å². The van der Waals surface area contributed by atoms with Crippen LogP contribution in [-0.4, -0.2) is 27.9 Å². The van der Waals surface area contributed by atoms with E-state index in [1.807, 2.05) is 0 Å². The molecule has 0 unspecified atom stereocenters. The zero-order chi connectivity index (χ0) is 17.6. The molecule has 22 heavy (non-hydrogen) atoms. The maximum absolute atomic E-state index is 12.5. The molecule has 0 spiro atoms. The molecule has 0 radical (unpaired) electrons. The molecule has 1 rings (SSSR count). The van der Waals surface area contributed by atoms with E-state index in [9.17, 15) is 43.2 Å². The normalized spacial score (nSPS) is 14.0. The van der Waals surface area contributed by atoms with E-state index in [0.717, 1.165) is 12.1 Å². The average molecular weight is 392 g/mol. The van der Waals surface area contributed by atoms with Gasteiger partial charge >= 0.3 is 31.1 Å². The number of sulfonamides is 2. The summed E-state index contributed by atoms with van der Waals surface area (Å²) in [6, 6.07) is 2.51. The number of halogens is 7. The highest BCUT2D eigenvalue weighted by Gasteiger charge is 2.61. The lowest BCUT2D eigenvalue weighted by Gasteiger charge is -2.25. The standard InChI is InChI=1S/C8H4ClF6NO4S2/c9-5-2-1-3-6(4-5)16(21(17,18)7(10,11)12)22(19,20)8(13,14)15/h1-4H. The van der Waals surface area contributed by atoms with E-state index in [-0.39, 0.29) is 0 Å². The third kappa shape index (κ3) is 3.25. The molecule has 14 heteroatoms. The molecule has 0 aliphatic rings. The average Bonchev–Trinajstić information content (AvgIpc) is 2.24. The topological polar surface area (TPSA) is 71.5 Å². The lowest BCUT2D eigenvalue weighted by molar-refractivity contribution is -0.0462. The van der Waals surface area contributed by atoms with E-state index in [0.29, 0.717) is 12.1 Å². The molecule has 0 heterocycles. The first-order valence-corrected chi connectivity index (χ1v) is 8.07. The molecule has 0 N–H and O–H groups in total. The largest absolute Gasteiger partial charge is 0.517 e. The summed E-state index contributed by atoms with van der Waals surface area (Å²) >= 11 is 5.34. The molecular weight excluding hydrogens is 388 g/mol. The minimum atomic E-state index is -6.88. The third-order valence-electron chi connectivity index (χ3n) is 2.04. The van der Waals surface area contributed by atoms with Crippen LogP contribution in [0.3, 0.4) is 0 Å². The minimum Gasteiger partial charge on any atom is -0.196 e.